The Morgan fingerprint density at radius 2 is 1.83 bits per heavy atom. The van der Waals surface area contributed by atoms with Crippen LogP contribution in [0.25, 0.3) is 0 Å². The predicted molar refractivity (Wildman–Crippen MR) is 115 cm³/mol. The second-order valence-corrected chi connectivity index (χ2v) is 11.3. The molecule has 0 aliphatic carbocycles. The Labute approximate surface area is 178 Å². The number of benzene rings is 1. The highest BCUT2D eigenvalue weighted by Gasteiger charge is 2.38. The van der Waals surface area contributed by atoms with E-state index < -0.39 is 32.0 Å². The van der Waals surface area contributed by atoms with Gasteiger partial charge in [-0.15, -0.1) is 4.40 Å². The van der Waals surface area contributed by atoms with E-state index in [1.54, 1.807) is 6.92 Å². The Hall–Kier alpha value is -1.98. The van der Waals surface area contributed by atoms with Gasteiger partial charge in [-0.05, 0) is 49.9 Å². The number of rotatable bonds is 7. The Balaban J connectivity index is 1.70. The van der Waals surface area contributed by atoms with Gasteiger partial charge in [0.05, 0.1) is 10.6 Å². The molecule has 1 unspecified atom stereocenters. The molecule has 3 rings (SSSR count). The van der Waals surface area contributed by atoms with Crippen molar-refractivity contribution in [2.45, 2.75) is 50.0 Å². The van der Waals surface area contributed by atoms with Gasteiger partial charge in [0.25, 0.3) is 10.0 Å². The molecule has 2 fully saturated rings. The number of sulfonamides is 2. The van der Waals surface area contributed by atoms with Crippen molar-refractivity contribution in [3.63, 3.8) is 0 Å². The van der Waals surface area contributed by atoms with Crippen LogP contribution in [0.15, 0.2) is 33.6 Å². The van der Waals surface area contributed by atoms with Crippen LogP contribution in [0, 0.1) is 0 Å². The van der Waals surface area contributed by atoms with Crippen LogP contribution in [0.5, 0.6) is 0 Å². The number of amides is 1. The molecular weight excluding hydrogens is 428 g/mol. The van der Waals surface area contributed by atoms with Crippen LogP contribution in [0.3, 0.4) is 0 Å². The van der Waals surface area contributed by atoms with Crippen LogP contribution >= 0.6 is 0 Å². The molecule has 2 aliphatic heterocycles. The average Bonchev–Trinajstić information content (AvgIpc) is 3.32. The third kappa shape index (κ3) is 5.01. The van der Waals surface area contributed by atoms with Crippen molar-refractivity contribution >= 4 is 37.5 Å². The third-order valence-electron chi connectivity index (χ3n) is 5.31. The fourth-order valence-corrected chi connectivity index (χ4v) is 6.59. The normalized spacial score (nSPS) is 22.0. The zero-order valence-electron chi connectivity index (χ0n) is 17.2. The number of amidine groups is 1. The Morgan fingerprint density at radius 1 is 1.13 bits per heavy atom. The zero-order chi connectivity index (χ0) is 21.9. The number of hydrogen-bond donors (Lipinski definition) is 1. The summed E-state index contributed by atoms with van der Waals surface area (Å²) in [5.74, 6) is 0.152. The molecule has 9 nitrogen and oxygen atoms in total. The molecule has 2 aliphatic rings. The van der Waals surface area contributed by atoms with Crippen LogP contribution in [0.1, 0.15) is 39.0 Å². The van der Waals surface area contributed by atoms with Crippen molar-refractivity contribution in [1.82, 2.24) is 9.21 Å². The first-order chi connectivity index (χ1) is 14.1. The lowest BCUT2D eigenvalue weighted by Crippen LogP contribution is -2.44. The SMILES string of the molecule is CCCS(=O)(=O)N1CCCC1C(=O)Nc1ccc(S(=O)(=O)/N=C2/CCCN2C)cc1. The summed E-state index contributed by atoms with van der Waals surface area (Å²) in [6, 6.07) is 5.02. The second kappa shape index (κ2) is 9.03. The fraction of sp³-hybridized carbons (Fsp3) is 0.579. The molecule has 2 saturated heterocycles. The van der Waals surface area contributed by atoms with Crippen LogP contribution in [-0.4, -0.2) is 69.7 Å². The van der Waals surface area contributed by atoms with Gasteiger partial charge >= 0.3 is 0 Å². The van der Waals surface area contributed by atoms with Crippen molar-refractivity contribution in [3.8, 4) is 0 Å². The molecule has 1 aromatic rings. The van der Waals surface area contributed by atoms with E-state index in [1.165, 1.54) is 28.6 Å². The number of nitrogens with zero attached hydrogens (tertiary/aromatic N) is 3. The lowest BCUT2D eigenvalue weighted by Gasteiger charge is -2.23. The van der Waals surface area contributed by atoms with E-state index in [-0.39, 0.29) is 10.6 Å². The number of likely N-dealkylation sites (tertiary alicyclic amines) is 1. The van der Waals surface area contributed by atoms with Crippen molar-refractivity contribution in [1.29, 1.82) is 0 Å². The van der Waals surface area contributed by atoms with Crippen molar-refractivity contribution in [2.24, 2.45) is 4.40 Å². The predicted octanol–water partition coefficient (Wildman–Crippen LogP) is 1.64. The fourth-order valence-electron chi connectivity index (χ4n) is 3.75. The minimum absolute atomic E-state index is 0.0149. The Morgan fingerprint density at radius 3 is 2.43 bits per heavy atom. The van der Waals surface area contributed by atoms with Gasteiger partial charge in [-0.2, -0.15) is 12.7 Å². The van der Waals surface area contributed by atoms with E-state index in [1.807, 2.05) is 11.9 Å². The molecule has 0 saturated carbocycles. The van der Waals surface area contributed by atoms with Gasteiger partial charge in [0.2, 0.25) is 15.9 Å². The topological polar surface area (TPSA) is 116 Å². The number of hydrogen-bond acceptors (Lipinski definition) is 5. The van der Waals surface area contributed by atoms with Gasteiger partial charge in [0, 0.05) is 32.2 Å². The number of nitrogens with one attached hydrogen (secondary N) is 1. The zero-order valence-corrected chi connectivity index (χ0v) is 18.9. The molecule has 0 bridgehead atoms. The highest BCUT2D eigenvalue weighted by atomic mass is 32.2. The average molecular weight is 457 g/mol. The summed E-state index contributed by atoms with van der Waals surface area (Å²) in [6.45, 7) is 2.91. The smallest absolute Gasteiger partial charge is 0.283 e. The van der Waals surface area contributed by atoms with Gasteiger partial charge in [-0.3, -0.25) is 4.79 Å². The maximum atomic E-state index is 12.7. The maximum Gasteiger partial charge on any atom is 0.283 e. The van der Waals surface area contributed by atoms with Crippen LogP contribution < -0.4 is 5.32 Å². The van der Waals surface area contributed by atoms with Crippen molar-refractivity contribution < 1.29 is 21.6 Å². The first-order valence-corrected chi connectivity index (χ1v) is 13.1. The molecule has 0 radical (unpaired) electrons. The molecule has 1 aromatic carbocycles. The first kappa shape index (κ1) is 22.7. The van der Waals surface area contributed by atoms with Crippen molar-refractivity contribution in [3.05, 3.63) is 24.3 Å². The molecule has 11 heteroatoms. The summed E-state index contributed by atoms with van der Waals surface area (Å²) in [7, 11) is -5.48. The monoisotopic (exact) mass is 456 g/mol. The standard InChI is InChI=1S/C19H28N4O5S2/c1-3-14-29(25,26)23-13-4-6-17(23)19(24)20-15-8-10-16(11-9-15)30(27,28)21-18-7-5-12-22(18)2/h8-11,17H,3-7,12-14H2,1-2H3,(H,20,24)/b21-18-. The molecule has 0 aromatic heterocycles. The molecule has 166 valence electrons. The molecule has 1 N–H and O–H groups in total. The summed E-state index contributed by atoms with van der Waals surface area (Å²) < 4.78 is 55.0. The van der Waals surface area contributed by atoms with Crippen LogP contribution in [-0.2, 0) is 24.8 Å². The van der Waals surface area contributed by atoms with Gasteiger partial charge in [-0.1, -0.05) is 6.92 Å². The molecule has 1 amide bonds. The summed E-state index contributed by atoms with van der Waals surface area (Å²) in [5, 5.41) is 2.70. The number of carbonyl (C=O) groups is 1. The van der Waals surface area contributed by atoms with E-state index in [2.05, 4.69) is 9.71 Å². The van der Waals surface area contributed by atoms with Crippen LogP contribution in [0.4, 0.5) is 5.69 Å². The molecular formula is C19H28N4O5S2. The second-order valence-electron chi connectivity index (χ2n) is 7.61. The molecule has 2 heterocycles. The quantitative estimate of drug-likeness (QED) is 0.667. The molecule has 30 heavy (non-hydrogen) atoms. The van der Waals surface area contributed by atoms with E-state index in [9.17, 15) is 21.6 Å². The summed E-state index contributed by atoms with van der Waals surface area (Å²) >= 11 is 0. The summed E-state index contributed by atoms with van der Waals surface area (Å²) in [5.41, 5.74) is 0.407. The Kier molecular flexibility index (Phi) is 6.83. The van der Waals surface area contributed by atoms with Crippen LogP contribution in [0.2, 0.25) is 0 Å². The van der Waals surface area contributed by atoms with Gasteiger partial charge < -0.3 is 10.2 Å². The third-order valence-corrected chi connectivity index (χ3v) is 8.70. The summed E-state index contributed by atoms with van der Waals surface area (Å²) in [6.07, 6.45) is 3.09. The van der Waals surface area contributed by atoms with Crippen molar-refractivity contribution in [2.75, 3.05) is 31.2 Å². The Bertz CT molecular complexity index is 1020. The first-order valence-electron chi connectivity index (χ1n) is 10.1. The van der Waals surface area contributed by atoms with E-state index in [0.29, 0.717) is 43.8 Å². The minimum Gasteiger partial charge on any atom is -0.362 e. The van der Waals surface area contributed by atoms with E-state index in [0.717, 1.165) is 13.0 Å². The largest absolute Gasteiger partial charge is 0.362 e. The van der Waals surface area contributed by atoms with Gasteiger partial charge in [-0.25, -0.2) is 8.42 Å². The lowest BCUT2D eigenvalue weighted by molar-refractivity contribution is -0.119. The van der Waals surface area contributed by atoms with Gasteiger partial charge in [0.15, 0.2) is 0 Å². The highest BCUT2D eigenvalue weighted by Crippen LogP contribution is 2.24. The number of carbonyl (C=O) groups excluding carboxylic acids is 1. The summed E-state index contributed by atoms with van der Waals surface area (Å²) in [4.78, 5) is 14.5. The van der Waals surface area contributed by atoms with E-state index >= 15 is 0 Å². The van der Waals surface area contributed by atoms with Gasteiger partial charge in [0.1, 0.15) is 11.9 Å². The molecule has 0 spiro atoms. The lowest BCUT2D eigenvalue weighted by atomic mass is 10.2. The van der Waals surface area contributed by atoms with E-state index in [4.69, 9.17) is 0 Å². The maximum absolute atomic E-state index is 12.7. The molecule has 1 atom stereocenters. The number of anilines is 1. The minimum atomic E-state index is -3.83. The highest BCUT2D eigenvalue weighted by molar-refractivity contribution is 7.90.